The lowest BCUT2D eigenvalue weighted by Crippen LogP contribution is -2.23. The van der Waals surface area contributed by atoms with E-state index in [0.717, 1.165) is 5.56 Å². The third-order valence-electron chi connectivity index (χ3n) is 1.69. The van der Waals surface area contributed by atoms with Gasteiger partial charge in [0.2, 0.25) is 0 Å². The molecule has 0 heterocycles. The molecule has 1 aromatic carbocycles. The quantitative estimate of drug-likeness (QED) is 0.425. The first-order valence-corrected chi connectivity index (χ1v) is 3.81. The number of rotatable bonds is 1. The monoisotopic (exact) mass is 203 g/mol. The summed E-state index contributed by atoms with van der Waals surface area (Å²) >= 11 is 0. The zero-order chi connectivity index (χ0) is 10.8. The summed E-state index contributed by atoms with van der Waals surface area (Å²) in [5.74, 6) is 0. The van der Waals surface area contributed by atoms with E-state index in [2.05, 4.69) is 5.16 Å². The number of oxime groups is 1. The normalized spacial score (nSPS) is 13.0. The molecule has 0 saturated carbocycles. The Kier molecular flexibility index (Phi) is 2.78. The minimum atomic E-state index is -4.63. The predicted octanol–water partition coefficient (Wildman–Crippen LogP) is 2.74. The molecular weight excluding hydrogens is 195 g/mol. The summed E-state index contributed by atoms with van der Waals surface area (Å²) in [7, 11) is 0. The number of aryl methyl sites for hydroxylation is 1. The molecule has 1 N–H and O–H groups in total. The Morgan fingerprint density at radius 2 is 1.71 bits per heavy atom. The summed E-state index contributed by atoms with van der Waals surface area (Å²) in [5.41, 5.74) is -0.587. The van der Waals surface area contributed by atoms with Crippen LogP contribution < -0.4 is 0 Å². The summed E-state index contributed by atoms with van der Waals surface area (Å²) < 4.78 is 36.6. The average molecular weight is 203 g/mol. The molecule has 0 aromatic heterocycles. The second kappa shape index (κ2) is 3.69. The van der Waals surface area contributed by atoms with E-state index in [1.54, 1.807) is 6.92 Å². The average Bonchev–Trinajstić information content (AvgIpc) is 2.07. The molecular formula is C9H8F3NO. The Morgan fingerprint density at radius 3 is 2.07 bits per heavy atom. The van der Waals surface area contributed by atoms with Crippen molar-refractivity contribution in [3.8, 4) is 0 Å². The third-order valence-corrected chi connectivity index (χ3v) is 1.69. The first-order valence-electron chi connectivity index (χ1n) is 3.81. The lowest BCUT2D eigenvalue weighted by molar-refractivity contribution is -0.0601. The van der Waals surface area contributed by atoms with Crippen molar-refractivity contribution in [1.29, 1.82) is 0 Å². The highest BCUT2D eigenvalue weighted by Crippen LogP contribution is 2.22. The van der Waals surface area contributed by atoms with Crippen LogP contribution in [0, 0.1) is 6.92 Å². The van der Waals surface area contributed by atoms with Crippen LogP contribution in [-0.2, 0) is 0 Å². The van der Waals surface area contributed by atoms with Gasteiger partial charge in [0.05, 0.1) is 0 Å². The van der Waals surface area contributed by atoms with E-state index in [-0.39, 0.29) is 5.56 Å². The number of alkyl halides is 3. The number of halogens is 3. The zero-order valence-corrected chi connectivity index (χ0v) is 7.34. The Bertz CT molecular complexity index is 340. The van der Waals surface area contributed by atoms with Gasteiger partial charge in [0.1, 0.15) is 0 Å². The smallest absolute Gasteiger partial charge is 0.410 e. The molecule has 0 amide bonds. The lowest BCUT2D eigenvalue weighted by atomic mass is 10.1. The molecule has 0 aliphatic rings. The van der Waals surface area contributed by atoms with E-state index >= 15 is 0 Å². The minimum absolute atomic E-state index is 0.148. The van der Waals surface area contributed by atoms with Crippen molar-refractivity contribution >= 4 is 5.71 Å². The summed E-state index contributed by atoms with van der Waals surface area (Å²) in [4.78, 5) is 0. The van der Waals surface area contributed by atoms with Crippen LogP contribution in [-0.4, -0.2) is 17.1 Å². The highest BCUT2D eigenvalue weighted by molar-refractivity contribution is 6.04. The van der Waals surface area contributed by atoms with E-state index in [9.17, 15) is 13.2 Å². The van der Waals surface area contributed by atoms with Crippen LogP contribution in [0.1, 0.15) is 11.1 Å². The molecule has 5 heteroatoms. The van der Waals surface area contributed by atoms with Crippen LogP contribution in [0.4, 0.5) is 13.2 Å². The third kappa shape index (κ3) is 2.25. The van der Waals surface area contributed by atoms with Gasteiger partial charge in [-0.25, -0.2) is 0 Å². The summed E-state index contributed by atoms with van der Waals surface area (Å²) in [5, 5.41) is 10.5. The molecule has 0 atom stereocenters. The van der Waals surface area contributed by atoms with Crippen molar-refractivity contribution in [3.05, 3.63) is 35.4 Å². The van der Waals surface area contributed by atoms with Gasteiger partial charge in [-0.05, 0) is 6.92 Å². The van der Waals surface area contributed by atoms with Crippen molar-refractivity contribution in [1.82, 2.24) is 0 Å². The fraction of sp³-hybridized carbons (Fsp3) is 0.222. The van der Waals surface area contributed by atoms with Crippen molar-refractivity contribution in [2.24, 2.45) is 5.16 Å². The zero-order valence-electron chi connectivity index (χ0n) is 7.34. The van der Waals surface area contributed by atoms with Gasteiger partial charge in [-0.15, -0.1) is 0 Å². The summed E-state index contributed by atoms with van der Waals surface area (Å²) in [6, 6.07) is 5.56. The maximum Gasteiger partial charge on any atom is 0.437 e. The summed E-state index contributed by atoms with van der Waals surface area (Å²) in [6.45, 7) is 1.76. The standard InChI is InChI=1S/C9H8F3NO/c1-6-2-4-7(5-3-6)8(13-14)9(10,11)12/h2-5,14H,1H3. The topological polar surface area (TPSA) is 32.6 Å². The number of hydrogen-bond donors (Lipinski definition) is 1. The largest absolute Gasteiger partial charge is 0.437 e. The van der Waals surface area contributed by atoms with E-state index in [1.165, 1.54) is 24.3 Å². The second-order valence-corrected chi connectivity index (χ2v) is 2.81. The Labute approximate surface area is 78.7 Å². The van der Waals surface area contributed by atoms with Gasteiger partial charge in [-0.1, -0.05) is 35.0 Å². The van der Waals surface area contributed by atoms with Crippen LogP contribution in [0.3, 0.4) is 0 Å². The van der Waals surface area contributed by atoms with Gasteiger partial charge in [-0.3, -0.25) is 0 Å². The molecule has 14 heavy (non-hydrogen) atoms. The van der Waals surface area contributed by atoms with E-state index in [1.807, 2.05) is 0 Å². The van der Waals surface area contributed by atoms with Crippen LogP contribution in [0.25, 0.3) is 0 Å². The number of nitrogens with zero attached hydrogens (tertiary/aromatic N) is 1. The fourth-order valence-electron chi connectivity index (χ4n) is 0.990. The SMILES string of the molecule is Cc1ccc(C(=NO)C(F)(F)F)cc1. The Balaban J connectivity index is 3.10. The molecule has 0 aliphatic heterocycles. The molecule has 76 valence electrons. The maximum atomic E-state index is 12.2. The Morgan fingerprint density at radius 1 is 1.21 bits per heavy atom. The first kappa shape index (κ1) is 10.6. The highest BCUT2D eigenvalue weighted by Gasteiger charge is 2.37. The maximum absolute atomic E-state index is 12.2. The molecule has 0 bridgehead atoms. The van der Waals surface area contributed by atoms with Gasteiger partial charge in [0.15, 0.2) is 5.71 Å². The van der Waals surface area contributed by atoms with Crippen LogP contribution in [0.2, 0.25) is 0 Å². The second-order valence-electron chi connectivity index (χ2n) is 2.81. The first-order chi connectivity index (χ1) is 6.45. The van der Waals surface area contributed by atoms with Gasteiger partial charge < -0.3 is 5.21 Å². The van der Waals surface area contributed by atoms with Gasteiger partial charge >= 0.3 is 6.18 Å². The lowest BCUT2D eigenvalue weighted by Gasteiger charge is -2.08. The number of hydrogen-bond acceptors (Lipinski definition) is 2. The number of benzene rings is 1. The van der Waals surface area contributed by atoms with Gasteiger partial charge in [0.25, 0.3) is 0 Å². The highest BCUT2D eigenvalue weighted by atomic mass is 19.4. The van der Waals surface area contributed by atoms with Crippen molar-refractivity contribution < 1.29 is 18.4 Å². The van der Waals surface area contributed by atoms with Crippen molar-refractivity contribution in [2.45, 2.75) is 13.1 Å². The molecule has 0 radical (unpaired) electrons. The molecule has 0 fully saturated rings. The Hall–Kier alpha value is -1.52. The van der Waals surface area contributed by atoms with Gasteiger partial charge in [0, 0.05) is 5.56 Å². The van der Waals surface area contributed by atoms with E-state index in [0.29, 0.717) is 0 Å². The molecule has 1 aromatic rings. The van der Waals surface area contributed by atoms with E-state index < -0.39 is 11.9 Å². The fourth-order valence-corrected chi connectivity index (χ4v) is 0.990. The van der Waals surface area contributed by atoms with E-state index in [4.69, 9.17) is 5.21 Å². The molecule has 1 rings (SSSR count). The van der Waals surface area contributed by atoms with Crippen LogP contribution in [0.15, 0.2) is 29.4 Å². The van der Waals surface area contributed by atoms with Crippen LogP contribution >= 0.6 is 0 Å². The molecule has 0 unspecified atom stereocenters. The summed E-state index contributed by atoms with van der Waals surface area (Å²) in [6.07, 6.45) is -4.63. The molecule has 0 spiro atoms. The van der Waals surface area contributed by atoms with Crippen molar-refractivity contribution in [2.75, 3.05) is 0 Å². The predicted molar refractivity (Wildman–Crippen MR) is 45.6 cm³/mol. The van der Waals surface area contributed by atoms with Gasteiger partial charge in [-0.2, -0.15) is 13.2 Å². The molecule has 2 nitrogen and oxygen atoms in total. The van der Waals surface area contributed by atoms with Crippen LogP contribution in [0.5, 0.6) is 0 Å². The molecule has 0 saturated heterocycles. The van der Waals surface area contributed by atoms with Crippen molar-refractivity contribution in [3.63, 3.8) is 0 Å². The minimum Gasteiger partial charge on any atom is -0.410 e. The molecule has 0 aliphatic carbocycles.